The fourth-order valence-corrected chi connectivity index (χ4v) is 8.90. The summed E-state index contributed by atoms with van der Waals surface area (Å²) in [5.74, 6) is -0.848. The summed E-state index contributed by atoms with van der Waals surface area (Å²) in [5.41, 5.74) is -1.45. The van der Waals surface area contributed by atoms with Gasteiger partial charge in [0, 0.05) is 62.1 Å². The number of alkyl halides is 3. The highest BCUT2D eigenvalue weighted by Crippen LogP contribution is 2.40. The fourth-order valence-electron chi connectivity index (χ4n) is 8.33. The molecule has 1 saturated carbocycles. The van der Waals surface area contributed by atoms with E-state index in [1.165, 1.54) is 11.0 Å². The number of nitrogens with zero attached hydrogens (tertiary/aromatic N) is 6. The molecule has 2 aromatic carbocycles. The Labute approximate surface area is 341 Å². The first-order valence-electron chi connectivity index (χ1n) is 18.9. The molecule has 0 radical (unpaired) electrons. The fraction of sp³-hybridized carbons (Fsp3) is 0.538. The second kappa shape index (κ2) is 17.7. The highest BCUT2D eigenvalue weighted by Gasteiger charge is 2.52. The smallest absolute Gasteiger partial charge is 0.377 e. The van der Waals surface area contributed by atoms with Crippen molar-refractivity contribution in [2.75, 3.05) is 54.4 Å². The molecule has 13 nitrogen and oxygen atoms in total. The second-order valence-corrected chi connectivity index (χ2v) is 15.8. The van der Waals surface area contributed by atoms with E-state index in [1.54, 1.807) is 44.2 Å². The third-order valence-electron chi connectivity index (χ3n) is 11.2. The lowest BCUT2D eigenvalue weighted by molar-refractivity contribution is -0.137. The SMILES string of the molecule is C[C@@H]1CN(CCOC2CCC(N3C(=S)N(c4ccc(C#N)c(C(F)(F)F)c4)C(=O)C3(C)C)CC2)C[C@H](C)N1CC(=O)Nc1ccc(N2CCC(=O)NC2=O)cc1.Cl. The largest absolute Gasteiger partial charge is 0.417 e. The maximum Gasteiger partial charge on any atom is 0.417 e. The molecule has 6 rings (SSSR count). The number of hydrogen-bond donors (Lipinski definition) is 2. The van der Waals surface area contributed by atoms with Crippen LogP contribution in [-0.2, 0) is 25.3 Å². The Morgan fingerprint density at radius 1 is 1.02 bits per heavy atom. The molecular formula is C39H48ClF3N8O5S. The molecule has 2 aromatic rings. The highest BCUT2D eigenvalue weighted by molar-refractivity contribution is 7.80. The molecule has 3 heterocycles. The Morgan fingerprint density at radius 2 is 1.65 bits per heavy atom. The Balaban J connectivity index is 0.00000620. The van der Waals surface area contributed by atoms with Gasteiger partial charge in [-0.05, 0) is 108 Å². The van der Waals surface area contributed by atoms with E-state index in [0.717, 1.165) is 49.5 Å². The number of halogens is 4. The third kappa shape index (κ3) is 9.52. The molecule has 0 spiro atoms. The average Bonchev–Trinajstić information content (AvgIpc) is 3.32. The van der Waals surface area contributed by atoms with E-state index in [2.05, 4.69) is 34.3 Å². The molecule has 18 heteroatoms. The summed E-state index contributed by atoms with van der Waals surface area (Å²) in [6, 6.07) is 11.5. The van der Waals surface area contributed by atoms with Gasteiger partial charge in [-0.3, -0.25) is 39.3 Å². The molecule has 0 bridgehead atoms. The number of ether oxygens (including phenoxy) is 1. The molecule has 5 amide bonds. The number of carbonyl (C=O) groups is 4. The van der Waals surface area contributed by atoms with Crippen LogP contribution in [0.5, 0.6) is 0 Å². The number of amides is 5. The van der Waals surface area contributed by atoms with Crippen LogP contribution < -0.4 is 20.4 Å². The van der Waals surface area contributed by atoms with Gasteiger partial charge in [0.25, 0.3) is 5.91 Å². The van der Waals surface area contributed by atoms with Crippen LogP contribution in [0.4, 0.5) is 35.0 Å². The highest BCUT2D eigenvalue weighted by atomic mass is 35.5. The lowest BCUT2D eigenvalue weighted by atomic mass is 9.89. The third-order valence-corrected chi connectivity index (χ3v) is 11.6. The van der Waals surface area contributed by atoms with Gasteiger partial charge in [-0.2, -0.15) is 18.4 Å². The molecule has 1 aliphatic carbocycles. The van der Waals surface area contributed by atoms with E-state index in [0.29, 0.717) is 37.4 Å². The van der Waals surface area contributed by atoms with E-state index in [4.69, 9.17) is 17.0 Å². The monoisotopic (exact) mass is 832 g/mol. The van der Waals surface area contributed by atoms with Gasteiger partial charge in [0.15, 0.2) is 5.11 Å². The van der Waals surface area contributed by atoms with E-state index >= 15 is 0 Å². The number of piperazine rings is 1. The van der Waals surface area contributed by atoms with E-state index < -0.39 is 34.8 Å². The second-order valence-electron chi connectivity index (χ2n) is 15.5. The van der Waals surface area contributed by atoms with Crippen LogP contribution in [0.2, 0.25) is 0 Å². The Kier molecular flexibility index (Phi) is 13.6. The van der Waals surface area contributed by atoms with Crippen LogP contribution >= 0.6 is 24.6 Å². The normalized spacial score (nSPS) is 24.6. The molecule has 4 aliphatic rings. The number of anilines is 3. The van der Waals surface area contributed by atoms with Gasteiger partial charge in [-0.1, -0.05) is 0 Å². The predicted molar refractivity (Wildman–Crippen MR) is 214 cm³/mol. The maximum atomic E-state index is 13.7. The van der Waals surface area contributed by atoms with Crippen molar-refractivity contribution in [2.24, 2.45) is 0 Å². The van der Waals surface area contributed by atoms with E-state index in [1.807, 2.05) is 4.90 Å². The van der Waals surface area contributed by atoms with Crippen molar-refractivity contribution in [3.05, 3.63) is 53.6 Å². The molecule has 57 heavy (non-hydrogen) atoms. The average molecular weight is 833 g/mol. The molecule has 4 fully saturated rings. The van der Waals surface area contributed by atoms with Crippen LogP contribution in [0.15, 0.2) is 42.5 Å². The van der Waals surface area contributed by atoms with E-state index in [-0.39, 0.29) is 72.2 Å². The summed E-state index contributed by atoms with van der Waals surface area (Å²) in [5, 5.41) is 14.6. The van der Waals surface area contributed by atoms with Crippen molar-refractivity contribution in [2.45, 2.75) is 95.7 Å². The summed E-state index contributed by atoms with van der Waals surface area (Å²) in [6.45, 7) is 11.0. The standard InChI is InChI=1S/C39H47F3N8O5S.ClH/c1-24-21-46(22-25(2)48(24)23-34(52)44-27-6-9-28(10-7-27)47-16-15-33(51)45-36(47)54)17-18-55-31-13-11-29(12-14-31)50-37(56)49(35(53)38(50,3)4)30-8-5-26(20-43)32(19-30)39(40,41)42;/h5-10,19,24-25,29,31H,11-18,21-23H2,1-4H3,(H,44,52)(H,45,51,54);1H/t24-,25+,29?,31?;. The summed E-state index contributed by atoms with van der Waals surface area (Å²) < 4.78 is 47.5. The first-order chi connectivity index (χ1) is 26.5. The minimum absolute atomic E-state index is 0. The number of nitrogens with one attached hydrogen (secondary N) is 2. The van der Waals surface area contributed by atoms with Gasteiger partial charge in [0.05, 0.1) is 42.1 Å². The van der Waals surface area contributed by atoms with Crippen LogP contribution in [0.3, 0.4) is 0 Å². The Bertz CT molecular complexity index is 1890. The quantitative estimate of drug-likeness (QED) is 0.294. The summed E-state index contributed by atoms with van der Waals surface area (Å²) in [7, 11) is 0. The zero-order valence-corrected chi connectivity index (χ0v) is 33.9. The molecule has 2 N–H and O–H groups in total. The lowest BCUT2D eigenvalue weighted by Gasteiger charge is -2.44. The Hall–Kier alpha value is -4.34. The number of hydrogen-bond acceptors (Lipinski definition) is 9. The van der Waals surface area contributed by atoms with Crippen molar-refractivity contribution in [1.29, 1.82) is 5.26 Å². The molecule has 3 saturated heterocycles. The summed E-state index contributed by atoms with van der Waals surface area (Å²) >= 11 is 5.73. The number of thiocarbonyl (C=S) groups is 1. The summed E-state index contributed by atoms with van der Waals surface area (Å²) in [4.78, 5) is 59.3. The molecule has 308 valence electrons. The van der Waals surface area contributed by atoms with Crippen molar-refractivity contribution in [3.63, 3.8) is 0 Å². The summed E-state index contributed by atoms with van der Waals surface area (Å²) in [6.07, 6.45) is -1.61. The van der Waals surface area contributed by atoms with E-state index in [9.17, 15) is 37.6 Å². The number of carbonyl (C=O) groups excluding carboxylic acids is 4. The predicted octanol–water partition coefficient (Wildman–Crippen LogP) is 5.52. The van der Waals surface area contributed by atoms with Gasteiger partial charge in [-0.25, -0.2) is 4.79 Å². The molecular weight excluding hydrogens is 785 g/mol. The molecule has 0 unspecified atom stereocenters. The minimum atomic E-state index is -4.76. The first kappa shape index (κ1) is 43.8. The zero-order valence-electron chi connectivity index (χ0n) is 32.3. The number of imide groups is 1. The topological polar surface area (TPSA) is 142 Å². The minimum Gasteiger partial charge on any atom is -0.377 e. The van der Waals surface area contributed by atoms with Crippen molar-refractivity contribution >= 4 is 70.6 Å². The Morgan fingerprint density at radius 3 is 2.25 bits per heavy atom. The maximum absolute atomic E-state index is 13.7. The zero-order chi connectivity index (χ0) is 40.5. The molecule has 3 aliphatic heterocycles. The van der Waals surface area contributed by atoms with Crippen molar-refractivity contribution < 1.29 is 37.1 Å². The van der Waals surface area contributed by atoms with Crippen LogP contribution in [0, 0.1) is 11.3 Å². The number of urea groups is 1. The molecule has 2 atom stereocenters. The van der Waals surface area contributed by atoms with Crippen LogP contribution in [0.25, 0.3) is 0 Å². The first-order valence-corrected chi connectivity index (χ1v) is 19.3. The lowest BCUT2D eigenvalue weighted by Crippen LogP contribution is -2.58. The van der Waals surface area contributed by atoms with Crippen molar-refractivity contribution in [3.8, 4) is 6.07 Å². The van der Waals surface area contributed by atoms with Gasteiger partial charge < -0.3 is 15.0 Å². The van der Waals surface area contributed by atoms with Crippen LogP contribution in [-0.4, -0.2) is 113 Å². The van der Waals surface area contributed by atoms with Gasteiger partial charge >= 0.3 is 12.2 Å². The number of rotatable bonds is 10. The van der Waals surface area contributed by atoms with Crippen LogP contribution in [0.1, 0.15) is 70.9 Å². The molecule has 0 aromatic heterocycles. The van der Waals surface area contributed by atoms with Gasteiger partial charge in [0.1, 0.15) is 5.54 Å². The number of nitriles is 1. The van der Waals surface area contributed by atoms with Crippen molar-refractivity contribution in [1.82, 2.24) is 20.0 Å². The number of benzene rings is 2. The van der Waals surface area contributed by atoms with Gasteiger partial charge in [-0.15, -0.1) is 12.4 Å². The van der Waals surface area contributed by atoms with Gasteiger partial charge in [0.2, 0.25) is 11.8 Å².